The van der Waals surface area contributed by atoms with E-state index in [2.05, 4.69) is 32.4 Å². The van der Waals surface area contributed by atoms with Crippen LogP contribution in [0.2, 0.25) is 0 Å². The molecule has 0 saturated carbocycles. The summed E-state index contributed by atoms with van der Waals surface area (Å²) >= 11 is 1.80. The van der Waals surface area contributed by atoms with E-state index in [-0.39, 0.29) is 24.0 Å². The molecule has 144 valence electrons. The number of hydrogen-bond acceptors (Lipinski definition) is 5. The quantitative estimate of drug-likeness (QED) is 0.322. The summed E-state index contributed by atoms with van der Waals surface area (Å²) in [6, 6.07) is 0.574. The second kappa shape index (κ2) is 12.8. The Balaban J connectivity index is 0.00000312. The van der Waals surface area contributed by atoms with Crippen molar-refractivity contribution in [3.63, 3.8) is 0 Å². The number of methoxy groups -OCH3 is 1. The van der Waals surface area contributed by atoms with Crippen molar-refractivity contribution in [3.8, 4) is 0 Å². The maximum absolute atomic E-state index is 5.20. The van der Waals surface area contributed by atoms with E-state index in [1.54, 1.807) is 18.4 Å². The Morgan fingerprint density at radius 3 is 3.00 bits per heavy atom. The lowest BCUT2D eigenvalue weighted by molar-refractivity contribution is 0.141. The van der Waals surface area contributed by atoms with Crippen molar-refractivity contribution >= 4 is 41.3 Å². The highest BCUT2D eigenvalue weighted by atomic mass is 127. The van der Waals surface area contributed by atoms with E-state index in [9.17, 15) is 0 Å². The van der Waals surface area contributed by atoms with Crippen molar-refractivity contribution in [2.24, 2.45) is 4.99 Å². The Hall–Kier alpha value is -0.450. The van der Waals surface area contributed by atoms with Crippen molar-refractivity contribution < 1.29 is 4.74 Å². The largest absolute Gasteiger partial charge is 0.383 e. The first-order chi connectivity index (χ1) is 11.8. The van der Waals surface area contributed by atoms with Gasteiger partial charge >= 0.3 is 0 Å². The molecule has 2 rings (SSSR count). The van der Waals surface area contributed by atoms with Gasteiger partial charge in [-0.15, -0.1) is 35.3 Å². The smallest absolute Gasteiger partial charge is 0.191 e. The normalized spacial score (nSPS) is 18.2. The molecule has 0 radical (unpaired) electrons. The molecule has 0 aliphatic carbocycles. The van der Waals surface area contributed by atoms with Crippen molar-refractivity contribution in [1.82, 2.24) is 20.5 Å². The average Bonchev–Trinajstić information content (AvgIpc) is 3.25. The second-order valence-corrected chi connectivity index (χ2v) is 7.23. The van der Waals surface area contributed by atoms with Crippen LogP contribution in [0.15, 0.2) is 11.2 Å². The number of likely N-dealkylation sites (tertiary alicyclic amines) is 1. The van der Waals surface area contributed by atoms with E-state index < -0.39 is 0 Å². The Bertz CT molecular complexity index is 511. The summed E-state index contributed by atoms with van der Waals surface area (Å²) in [6.45, 7) is 6.94. The zero-order valence-corrected chi connectivity index (χ0v) is 18.7. The first-order valence-corrected chi connectivity index (χ1v) is 9.69. The fourth-order valence-corrected chi connectivity index (χ4v) is 3.84. The molecule has 0 amide bonds. The minimum Gasteiger partial charge on any atom is -0.383 e. The third-order valence-electron chi connectivity index (χ3n) is 4.39. The molecule has 1 aliphatic rings. The first kappa shape index (κ1) is 22.6. The highest BCUT2D eigenvalue weighted by Crippen LogP contribution is 2.16. The highest BCUT2D eigenvalue weighted by Gasteiger charge is 2.23. The molecule has 1 aromatic heterocycles. The van der Waals surface area contributed by atoms with E-state index in [0.29, 0.717) is 6.04 Å². The molecule has 8 heteroatoms. The van der Waals surface area contributed by atoms with Gasteiger partial charge in [-0.3, -0.25) is 9.89 Å². The molecule has 0 aromatic carbocycles. The number of nitrogens with zero attached hydrogens (tertiary/aromatic N) is 3. The maximum Gasteiger partial charge on any atom is 0.191 e. The number of aryl methyl sites for hydroxylation is 1. The van der Waals surface area contributed by atoms with Crippen LogP contribution in [0.4, 0.5) is 0 Å². The zero-order valence-electron chi connectivity index (χ0n) is 15.6. The van der Waals surface area contributed by atoms with Crippen LogP contribution in [0.25, 0.3) is 0 Å². The Labute approximate surface area is 172 Å². The lowest BCUT2D eigenvalue weighted by Crippen LogP contribution is -2.45. The van der Waals surface area contributed by atoms with E-state index in [4.69, 9.17) is 4.74 Å². The lowest BCUT2D eigenvalue weighted by Gasteiger charge is -2.25. The standard InChI is InChI=1S/C17H31N5OS.HI/c1-4-15-13-20-16(24-15)7-8-19-17(18-2)21-12-14-6-5-9-22(14)10-11-23-3;/h13-14H,4-12H2,1-3H3,(H2,18,19,21);1H. The van der Waals surface area contributed by atoms with Gasteiger partial charge in [-0.2, -0.15) is 0 Å². The molecule has 2 heterocycles. The van der Waals surface area contributed by atoms with Crippen molar-refractivity contribution in [2.45, 2.75) is 38.6 Å². The number of aliphatic imine (C=N–C) groups is 1. The van der Waals surface area contributed by atoms with Crippen molar-refractivity contribution in [2.75, 3.05) is 46.9 Å². The number of rotatable bonds is 9. The summed E-state index contributed by atoms with van der Waals surface area (Å²) in [5.74, 6) is 0.876. The monoisotopic (exact) mass is 481 g/mol. The minimum absolute atomic E-state index is 0. The third-order valence-corrected chi connectivity index (χ3v) is 5.59. The molecule has 25 heavy (non-hydrogen) atoms. The van der Waals surface area contributed by atoms with Crippen LogP contribution in [0, 0.1) is 0 Å². The number of aromatic nitrogens is 1. The summed E-state index contributed by atoms with van der Waals surface area (Å²) in [5.41, 5.74) is 0. The summed E-state index contributed by atoms with van der Waals surface area (Å²) in [6.07, 6.45) is 6.50. The van der Waals surface area contributed by atoms with Crippen LogP contribution in [0.3, 0.4) is 0 Å². The van der Waals surface area contributed by atoms with Gasteiger partial charge in [0.1, 0.15) is 0 Å². The number of nitrogens with one attached hydrogen (secondary N) is 2. The molecular weight excluding hydrogens is 449 g/mol. The summed E-state index contributed by atoms with van der Waals surface area (Å²) in [5, 5.41) is 8.04. The SMILES string of the molecule is CCc1cnc(CCNC(=NC)NCC2CCCN2CCOC)s1.I. The summed E-state index contributed by atoms with van der Waals surface area (Å²) < 4.78 is 5.20. The highest BCUT2D eigenvalue weighted by molar-refractivity contribution is 14.0. The molecule has 6 nitrogen and oxygen atoms in total. The summed E-state index contributed by atoms with van der Waals surface area (Å²) in [7, 11) is 3.59. The fraction of sp³-hybridized carbons (Fsp3) is 0.765. The van der Waals surface area contributed by atoms with Crippen LogP contribution in [-0.2, 0) is 17.6 Å². The summed E-state index contributed by atoms with van der Waals surface area (Å²) in [4.78, 5) is 12.6. The zero-order chi connectivity index (χ0) is 17.2. The van der Waals surface area contributed by atoms with Gasteiger partial charge in [-0.25, -0.2) is 4.98 Å². The van der Waals surface area contributed by atoms with Crippen LogP contribution in [0.1, 0.15) is 29.7 Å². The van der Waals surface area contributed by atoms with Crippen molar-refractivity contribution in [3.05, 3.63) is 16.1 Å². The van der Waals surface area contributed by atoms with Gasteiger partial charge in [0, 0.05) is 57.3 Å². The van der Waals surface area contributed by atoms with Crippen LogP contribution < -0.4 is 10.6 Å². The molecule has 1 saturated heterocycles. The van der Waals surface area contributed by atoms with E-state index >= 15 is 0 Å². The maximum atomic E-state index is 5.20. The second-order valence-electron chi connectivity index (χ2n) is 6.03. The molecule has 0 bridgehead atoms. The van der Waals surface area contributed by atoms with Gasteiger partial charge in [-0.05, 0) is 25.8 Å². The van der Waals surface area contributed by atoms with Crippen LogP contribution >= 0.6 is 35.3 Å². The lowest BCUT2D eigenvalue weighted by atomic mass is 10.2. The number of guanidine groups is 1. The van der Waals surface area contributed by atoms with Crippen LogP contribution in [0.5, 0.6) is 0 Å². The van der Waals surface area contributed by atoms with Crippen molar-refractivity contribution in [1.29, 1.82) is 0 Å². The molecule has 2 N–H and O–H groups in total. The number of thiazole rings is 1. The molecule has 1 fully saturated rings. The van der Waals surface area contributed by atoms with Gasteiger partial charge in [0.15, 0.2) is 5.96 Å². The molecular formula is C17H32IN5OS. The van der Waals surface area contributed by atoms with E-state index in [1.165, 1.54) is 29.3 Å². The topological polar surface area (TPSA) is 61.8 Å². The Morgan fingerprint density at radius 2 is 2.32 bits per heavy atom. The Morgan fingerprint density at radius 1 is 1.48 bits per heavy atom. The van der Waals surface area contributed by atoms with Gasteiger partial charge in [0.2, 0.25) is 0 Å². The third kappa shape index (κ3) is 7.76. The van der Waals surface area contributed by atoms with E-state index in [1.807, 2.05) is 13.2 Å². The van der Waals surface area contributed by atoms with Gasteiger partial charge in [-0.1, -0.05) is 6.92 Å². The molecule has 1 aromatic rings. The Kier molecular flexibility index (Phi) is 11.6. The molecule has 1 unspecified atom stereocenters. The number of ether oxygens (including phenoxy) is 1. The number of hydrogen-bond donors (Lipinski definition) is 2. The molecule has 1 atom stereocenters. The molecule has 0 spiro atoms. The van der Waals surface area contributed by atoms with Gasteiger partial charge in [0.25, 0.3) is 0 Å². The van der Waals surface area contributed by atoms with Gasteiger partial charge in [0.05, 0.1) is 11.6 Å². The van der Waals surface area contributed by atoms with Crippen LogP contribution in [-0.4, -0.2) is 68.8 Å². The predicted octanol–water partition coefficient (Wildman–Crippen LogP) is 2.14. The van der Waals surface area contributed by atoms with Gasteiger partial charge < -0.3 is 15.4 Å². The fourth-order valence-electron chi connectivity index (χ4n) is 2.98. The first-order valence-electron chi connectivity index (χ1n) is 8.87. The van der Waals surface area contributed by atoms with E-state index in [0.717, 1.165) is 45.0 Å². The molecule has 1 aliphatic heterocycles. The average molecular weight is 481 g/mol. The predicted molar refractivity (Wildman–Crippen MR) is 116 cm³/mol. The number of halogens is 1. The minimum atomic E-state index is 0.